The maximum absolute atomic E-state index is 12.4. The van der Waals surface area contributed by atoms with Gasteiger partial charge in [0.15, 0.2) is 11.0 Å². The van der Waals surface area contributed by atoms with Gasteiger partial charge in [0.2, 0.25) is 5.91 Å². The number of rotatable bonds is 8. The SMILES string of the molecule is CCn1c(SCC(=O)Nc2ccc(C)cc2)nnc1-c1cn(C)nc1-c1cccc(OC)c1. The fraction of sp³-hybridized carbons (Fsp3) is 0.250. The molecule has 9 heteroatoms. The summed E-state index contributed by atoms with van der Waals surface area (Å²) in [5.41, 5.74) is 4.53. The number of nitrogens with one attached hydrogen (secondary N) is 1. The Hall–Kier alpha value is -3.59. The highest BCUT2D eigenvalue weighted by Gasteiger charge is 2.21. The first kappa shape index (κ1) is 22.6. The van der Waals surface area contributed by atoms with Gasteiger partial charge in [0.25, 0.3) is 0 Å². The molecule has 4 aromatic rings. The maximum Gasteiger partial charge on any atom is 0.234 e. The van der Waals surface area contributed by atoms with Gasteiger partial charge in [-0.25, -0.2) is 0 Å². The Kier molecular flexibility index (Phi) is 6.79. The number of methoxy groups -OCH3 is 1. The van der Waals surface area contributed by atoms with E-state index in [4.69, 9.17) is 4.74 Å². The van der Waals surface area contributed by atoms with Crippen molar-refractivity contribution in [2.45, 2.75) is 25.5 Å². The second-order valence-corrected chi connectivity index (χ2v) is 8.49. The van der Waals surface area contributed by atoms with E-state index in [1.54, 1.807) is 11.8 Å². The number of anilines is 1. The Balaban J connectivity index is 1.56. The van der Waals surface area contributed by atoms with Crippen molar-refractivity contribution in [2.24, 2.45) is 7.05 Å². The van der Waals surface area contributed by atoms with Crippen LogP contribution >= 0.6 is 11.8 Å². The number of thioether (sulfide) groups is 1. The minimum Gasteiger partial charge on any atom is -0.497 e. The molecule has 1 N–H and O–H groups in total. The number of carbonyl (C=O) groups is 1. The number of ether oxygens (including phenoxy) is 1. The first-order valence-electron chi connectivity index (χ1n) is 10.6. The second-order valence-electron chi connectivity index (χ2n) is 7.55. The number of carbonyl (C=O) groups excluding carboxylic acids is 1. The highest BCUT2D eigenvalue weighted by atomic mass is 32.2. The molecule has 0 aliphatic rings. The molecule has 0 radical (unpaired) electrons. The number of nitrogens with zero attached hydrogens (tertiary/aromatic N) is 5. The number of hydrogen-bond acceptors (Lipinski definition) is 6. The summed E-state index contributed by atoms with van der Waals surface area (Å²) >= 11 is 1.36. The summed E-state index contributed by atoms with van der Waals surface area (Å²) in [6, 6.07) is 15.5. The van der Waals surface area contributed by atoms with Gasteiger partial charge in [-0.05, 0) is 38.1 Å². The van der Waals surface area contributed by atoms with Crippen LogP contribution in [-0.4, -0.2) is 43.3 Å². The molecule has 1 amide bonds. The molecular formula is C24H26N6O2S. The average Bonchev–Trinajstić information content (AvgIpc) is 3.41. The van der Waals surface area contributed by atoms with Crippen molar-refractivity contribution in [1.29, 1.82) is 0 Å². The molecular weight excluding hydrogens is 436 g/mol. The summed E-state index contributed by atoms with van der Waals surface area (Å²) in [5.74, 6) is 1.62. The molecule has 0 atom stereocenters. The lowest BCUT2D eigenvalue weighted by Crippen LogP contribution is -2.14. The molecule has 0 saturated heterocycles. The number of amides is 1. The standard InChI is InChI=1S/C24H26N6O2S/c1-5-30-23(20-14-29(3)28-22(20)17-7-6-8-19(13-17)32-4)26-27-24(30)33-15-21(31)25-18-11-9-16(2)10-12-18/h6-14H,5,15H2,1-4H3,(H,25,31). The van der Waals surface area contributed by atoms with Gasteiger partial charge in [-0.3, -0.25) is 9.48 Å². The van der Waals surface area contributed by atoms with Gasteiger partial charge in [0.1, 0.15) is 11.4 Å². The number of aromatic nitrogens is 5. The predicted octanol–water partition coefficient (Wildman–Crippen LogP) is 4.41. The fourth-order valence-electron chi connectivity index (χ4n) is 3.48. The monoisotopic (exact) mass is 462 g/mol. The molecule has 2 aromatic heterocycles. The lowest BCUT2D eigenvalue weighted by atomic mass is 10.1. The van der Waals surface area contributed by atoms with E-state index in [9.17, 15) is 4.79 Å². The van der Waals surface area contributed by atoms with Crippen molar-refractivity contribution in [3.05, 3.63) is 60.3 Å². The molecule has 170 valence electrons. The first-order chi connectivity index (χ1) is 16.0. The lowest BCUT2D eigenvalue weighted by Gasteiger charge is -2.09. The zero-order valence-electron chi connectivity index (χ0n) is 19.1. The predicted molar refractivity (Wildman–Crippen MR) is 130 cm³/mol. The molecule has 0 spiro atoms. The Morgan fingerprint density at radius 2 is 1.94 bits per heavy atom. The van der Waals surface area contributed by atoms with Crippen LogP contribution in [0.4, 0.5) is 5.69 Å². The minimum atomic E-state index is -0.0884. The molecule has 0 fully saturated rings. The van der Waals surface area contributed by atoms with E-state index in [1.807, 2.05) is 80.2 Å². The molecule has 8 nitrogen and oxygen atoms in total. The average molecular weight is 463 g/mol. The summed E-state index contributed by atoms with van der Waals surface area (Å²) in [6.45, 7) is 4.71. The molecule has 33 heavy (non-hydrogen) atoms. The van der Waals surface area contributed by atoms with Gasteiger partial charge in [-0.2, -0.15) is 5.10 Å². The first-order valence-corrected chi connectivity index (χ1v) is 11.6. The van der Waals surface area contributed by atoms with Crippen LogP contribution in [0.5, 0.6) is 5.75 Å². The van der Waals surface area contributed by atoms with E-state index in [2.05, 4.69) is 20.6 Å². The van der Waals surface area contributed by atoms with Gasteiger partial charge < -0.3 is 14.6 Å². The quantitative estimate of drug-likeness (QED) is 0.390. The van der Waals surface area contributed by atoms with Crippen LogP contribution in [0.2, 0.25) is 0 Å². The maximum atomic E-state index is 12.4. The molecule has 0 aliphatic heterocycles. The third-order valence-electron chi connectivity index (χ3n) is 5.11. The Morgan fingerprint density at radius 3 is 2.67 bits per heavy atom. The second kappa shape index (κ2) is 9.91. The van der Waals surface area contributed by atoms with Crippen LogP contribution in [0.25, 0.3) is 22.6 Å². The van der Waals surface area contributed by atoms with Crippen molar-refractivity contribution in [3.63, 3.8) is 0 Å². The van der Waals surface area contributed by atoms with Crippen molar-refractivity contribution < 1.29 is 9.53 Å². The van der Waals surface area contributed by atoms with Crippen LogP contribution in [0.1, 0.15) is 12.5 Å². The summed E-state index contributed by atoms with van der Waals surface area (Å²) in [6.07, 6.45) is 1.93. The zero-order chi connectivity index (χ0) is 23.4. The summed E-state index contributed by atoms with van der Waals surface area (Å²) in [4.78, 5) is 12.4. The van der Waals surface area contributed by atoms with Gasteiger partial charge >= 0.3 is 0 Å². The normalized spacial score (nSPS) is 10.9. The smallest absolute Gasteiger partial charge is 0.234 e. The molecule has 0 bridgehead atoms. The van der Waals surface area contributed by atoms with Crippen LogP contribution in [0.3, 0.4) is 0 Å². The molecule has 2 heterocycles. The Labute approximate surface area is 197 Å². The summed E-state index contributed by atoms with van der Waals surface area (Å²) in [5, 5.41) is 17.1. The van der Waals surface area contributed by atoms with Crippen LogP contribution < -0.4 is 10.1 Å². The van der Waals surface area contributed by atoms with Crippen LogP contribution in [-0.2, 0) is 18.4 Å². The summed E-state index contributed by atoms with van der Waals surface area (Å²) < 4.78 is 9.14. The van der Waals surface area contributed by atoms with E-state index in [0.717, 1.165) is 33.8 Å². The topological polar surface area (TPSA) is 86.9 Å². The molecule has 2 aromatic carbocycles. The van der Waals surface area contributed by atoms with Crippen LogP contribution in [0.15, 0.2) is 59.9 Å². The zero-order valence-corrected chi connectivity index (χ0v) is 19.9. The van der Waals surface area contributed by atoms with Crippen molar-refractivity contribution in [1.82, 2.24) is 24.5 Å². The fourth-order valence-corrected chi connectivity index (χ4v) is 4.28. The molecule has 0 saturated carbocycles. The Morgan fingerprint density at radius 1 is 1.15 bits per heavy atom. The molecule has 4 rings (SSSR count). The van der Waals surface area contributed by atoms with Crippen molar-refractivity contribution >= 4 is 23.4 Å². The summed E-state index contributed by atoms with van der Waals surface area (Å²) in [7, 11) is 3.52. The van der Waals surface area contributed by atoms with Crippen LogP contribution in [0, 0.1) is 6.92 Å². The third-order valence-corrected chi connectivity index (χ3v) is 6.08. The van der Waals surface area contributed by atoms with Gasteiger partial charge in [0.05, 0.1) is 18.4 Å². The van der Waals surface area contributed by atoms with Gasteiger partial charge in [-0.15, -0.1) is 10.2 Å². The highest BCUT2D eigenvalue weighted by molar-refractivity contribution is 7.99. The number of hydrogen-bond donors (Lipinski definition) is 1. The van der Waals surface area contributed by atoms with Crippen molar-refractivity contribution in [2.75, 3.05) is 18.2 Å². The third kappa shape index (κ3) is 5.09. The molecule has 0 unspecified atom stereocenters. The van der Waals surface area contributed by atoms with E-state index in [-0.39, 0.29) is 11.7 Å². The van der Waals surface area contributed by atoms with E-state index < -0.39 is 0 Å². The Bertz CT molecular complexity index is 1260. The highest BCUT2D eigenvalue weighted by Crippen LogP contribution is 2.33. The number of benzene rings is 2. The van der Waals surface area contributed by atoms with E-state index in [0.29, 0.717) is 17.5 Å². The minimum absolute atomic E-state index is 0.0884. The van der Waals surface area contributed by atoms with Gasteiger partial charge in [0, 0.05) is 31.0 Å². The van der Waals surface area contributed by atoms with E-state index in [1.165, 1.54) is 11.8 Å². The van der Waals surface area contributed by atoms with E-state index >= 15 is 0 Å². The lowest BCUT2D eigenvalue weighted by molar-refractivity contribution is -0.113. The number of aryl methyl sites for hydroxylation is 2. The van der Waals surface area contributed by atoms with Crippen molar-refractivity contribution in [3.8, 4) is 28.4 Å². The van der Waals surface area contributed by atoms with Gasteiger partial charge in [-0.1, -0.05) is 41.6 Å². The largest absolute Gasteiger partial charge is 0.497 e. The molecule has 0 aliphatic carbocycles.